The molecule has 1 unspecified atom stereocenters. The van der Waals surface area contributed by atoms with E-state index in [0.29, 0.717) is 30.9 Å². The number of anilines is 1. The molecule has 1 fully saturated rings. The van der Waals surface area contributed by atoms with Gasteiger partial charge in [-0.05, 0) is 18.6 Å². The Labute approximate surface area is 100.0 Å². The largest absolute Gasteiger partial charge is 0.497 e. The van der Waals surface area contributed by atoms with Crippen molar-refractivity contribution >= 4 is 11.7 Å². The fourth-order valence-corrected chi connectivity index (χ4v) is 1.83. The predicted octanol–water partition coefficient (Wildman–Crippen LogP) is 1.29. The first-order valence-electron chi connectivity index (χ1n) is 5.57. The Hall–Kier alpha value is -1.75. The minimum atomic E-state index is -0.397. The number of rotatable bonds is 2. The number of ether oxygens (including phenoxy) is 1. The van der Waals surface area contributed by atoms with Crippen LogP contribution in [-0.4, -0.2) is 42.3 Å². The van der Waals surface area contributed by atoms with Gasteiger partial charge in [0.05, 0.1) is 13.2 Å². The molecule has 0 aromatic heterocycles. The number of hydrogen-bond donors (Lipinski definition) is 2. The lowest BCUT2D eigenvalue weighted by Gasteiger charge is -2.16. The lowest BCUT2D eigenvalue weighted by Crippen LogP contribution is -2.33. The molecule has 2 N–H and O–H groups in total. The highest BCUT2D eigenvalue weighted by Gasteiger charge is 2.24. The van der Waals surface area contributed by atoms with Crippen LogP contribution in [0.4, 0.5) is 10.5 Å². The van der Waals surface area contributed by atoms with Crippen LogP contribution in [-0.2, 0) is 0 Å². The fourth-order valence-electron chi connectivity index (χ4n) is 1.83. The molecule has 17 heavy (non-hydrogen) atoms. The molecular formula is C12H16N2O3. The molecule has 2 rings (SSSR count). The average molecular weight is 236 g/mol. The standard InChI is InChI=1S/C12H16N2O3/c1-17-11-4-2-3-9(7-11)13-12(16)14-6-5-10(15)8-14/h2-4,7,10,15H,5-6,8H2,1H3,(H,13,16). The second kappa shape index (κ2) is 5.05. The fraction of sp³-hybridized carbons (Fsp3) is 0.417. The maximum absolute atomic E-state index is 11.8. The van der Waals surface area contributed by atoms with Crippen LogP contribution in [0, 0.1) is 0 Å². The van der Waals surface area contributed by atoms with E-state index in [1.54, 1.807) is 24.1 Å². The van der Waals surface area contributed by atoms with Crippen molar-refractivity contribution in [3.8, 4) is 5.75 Å². The summed E-state index contributed by atoms with van der Waals surface area (Å²) in [5.41, 5.74) is 0.690. The molecule has 1 saturated heterocycles. The first-order valence-corrected chi connectivity index (χ1v) is 5.57. The Bertz CT molecular complexity index is 408. The molecule has 0 bridgehead atoms. The van der Waals surface area contributed by atoms with Crippen molar-refractivity contribution in [2.75, 3.05) is 25.5 Å². The first-order chi connectivity index (χ1) is 8.19. The monoisotopic (exact) mass is 236 g/mol. The lowest BCUT2D eigenvalue weighted by molar-refractivity contribution is 0.176. The topological polar surface area (TPSA) is 61.8 Å². The van der Waals surface area contributed by atoms with E-state index in [-0.39, 0.29) is 6.03 Å². The molecule has 1 heterocycles. The Morgan fingerprint density at radius 3 is 3.06 bits per heavy atom. The maximum atomic E-state index is 11.8. The molecule has 1 aliphatic rings. The predicted molar refractivity (Wildman–Crippen MR) is 64.2 cm³/mol. The summed E-state index contributed by atoms with van der Waals surface area (Å²) in [7, 11) is 1.58. The zero-order chi connectivity index (χ0) is 12.3. The van der Waals surface area contributed by atoms with Crippen molar-refractivity contribution in [1.29, 1.82) is 0 Å². The number of amides is 2. The molecular weight excluding hydrogens is 220 g/mol. The third-order valence-electron chi connectivity index (χ3n) is 2.77. The van der Waals surface area contributed by atoms with Crippen molar-refractivity contribution in [2.45, 2.75) is 12.5 Å². The summed E-state index contributed by atoms with van der Waals surface area (Å²) >= 11 is 0. The van der Waals surface area contributed by atoms with Gasteiger partial charge < -0.3 is 20.1 Å². The summed E-state index contributed by atoms with van der Waals surface area (Å²) in [6.07, 6.45) is 0.247. The van der Waals surface area contributed by atoms with E-state index in [1.807, 2.05) is 12.1 Å². The second-order valence-electron chi connectivity index (χ2n) is 4.05. The van der Waals surface area contributed by atoms with Crippen molar-refractivity contribution in [2.24, 2.45) is 0 Å². The van der Waals surface area contributed by atoms with Gasteiger partial charge in [-0.25, -0.2) is 4.79 Å². The zero-order valence-corrected chi connectivity index (χ0v) is 9.72. The Morgan fingerprint density at radius 1 is 1.59 bits per heavy atom. The number of carbonyl (C=O) groups is 1. The lowest BCUT2D eigenvalue weighted by atomic mass is 10.3. The molecule has 1 atom stereocenters. The van der Waals surface area contributed by atoms with E-state index in [0.717, 1.165) is 0 Å². The summed E-state index contributed by atoms with van der Waals surface area (Å²) in [5, 5.41) is 12.1. The van der Waals surface area contributed by atoms with Crippen LogP contribution >= 0.6 is 0 Å². The van der Waals surface area contributed by atoms with Crippen LogP contribution in [0.3, 0.4) is 0 Å². The average Bonchev–Trinajstić information content (AvgIpc) is 2.76. The van der Waals surface area contributed by atoms with Gasteiger partial charge in [0.15, 0.2) is 0 Å². The van der Waals surface area contributed by atoms with Crippen molar-refractivity contribution in [3.63, 3.8) is 0 Å². The molecule has 92 valence electrons. The number of carbonyl (C=O) groups excluding carboxylic acids is 1. The number of nitrogens with zero attached hydrogens (tertiary/aromatic N) is 1. The van der Waals surface area contributed by atoms with Crippen LogP contribution in [0.2, 0.25) is 0 Å². The second-order valence-corrected chi connectivity index (χ2v) is 4.05. The zero-order valence-electron chi connectivity index (χ0n) is 9.72. The van der Waals surface area contributed by atoms with E-state index in [1.165, 1.54) is 0 Å². The minimum absolute atomic E-state index is 0.185. The molecule has 0 spiro atoms. The summed E-state index contributed by atoms with van der Waals surface area (Å²) in [4.78, 5) is 13.4. The molecule has 0 radical (unpaired) electrons. The highest BCUT2D eigenvalue weighted by Crippen LogP contribution is 2.18. The van der Waals surface area contributed by atoms with Crippen molar-refractivity contribution < 1.29 is 14.6 Å². The van der Waals surface area contributed by atoms with E-state index in [4.69, 9.17) is 4.74 Å². The molecule has 0 aliphatic carbocycles. The summed E-state index contributed by atoms with van der Waals surface area (Å²) < 4.78 is 5.07. The highest BCUT2D eigenvalue weighted by molar-refractivity contribution is 5.89. The van der Waals surface area contributed by atoms with E-state index in [2.05, 4.69) is 5.32 Å². The van der Waals surface area contributed by atoms with Gasteiger partial charge in [0, 0.05) is 24.8 Å². The van der Waals surface area contributed by atoms with E-state index < -0.39 is 6.10 Å². The number of hydrogen-bond acceptors (Lipinski definition) is 3. The highest BCUT2D eigenvalue weighted by atomic mass is 16.5. The number of methoxy groups -OCH3 is 1. The third-order valence-corrected chi connectivity index (χ3v) is 2.77. The number of aliphatic hydroxyl groups excluding tert-OH is 1. The Balaban J connectivity index is 1.98. The van der Waals surface area contributed by atoms with Crippen molar-refractivity contribution in [1.82, 2.24) is 4.90 Å². The third kappa shape index (κ3) is 2.88. The molecule has 2 amide bonds. The molecule has 1 aliphatic heterocycles. The van der Waals surface area contributed by atoms with Gasteiger partial charge in [-0.1, -0.05) is 6.07 Å². The number of benzene rings is 1. The molecule has 1 aromatic rings. The van der Waals surface area contributed by atoms with Crippen molar-refractivity contribution in [3.05, 3.63) is 24.3 Å². The molecule has 1 aromatic carbocycles. The molecule has 5 nitrogen and oxygen atoms in total. The van der Waals surface area contributed by atoms with Gasteiger partial charge in [0.1, 0.15) is 5.75 Å². The molecule has 0 saturated carbocycles. The normalized spacial score (nSPS) is 19.2. The van der Waals surface area contributed by atoms with Gasteiger partial charge in [-0.2, -0.15) is 0 Å². The Kier molecular flexibility index (Phi) is 3.49. The number of β-amino-alcohol motifs (C(OH)–C–C–N with tert-alkyl or cyclic N) is 1. The minimum Gasteiger partial charge on any atom is -0.497 e. The quantitative estimate of drug-likeness (QED) is 0.813. The summed E-state index contributed by atoms with van der Waals surface area (Å²) in [5.74, 6) is 0.698. The van der Waals surface area contributed by atoms with Gasteiger partial charge in [-0.15, -0.1) is 0 Å². The van der Waals surface area contributed by atoms with E-state index in [9.17, 15) is 9.90 Å². The number of nitrogens with one attached hydrogen (secondary N) is 1. The van der Waals surface area contributed by atoms with Crippen LogP contribution in [0.5, 0.6) is 5.75 Å². The number of aliphatic hydroxyl groups is 1. The first kappa shape index (κ1) is 11.7. The summed E-state index contributed by atoms with van der Waals surface area (Å²) in [6, 6.07) is 7.00. The van der Waals surface area contributed by atoms with Crippen LogP contribution in [0.15, 0.2) is 24.3 Å². The molecule has 5 heteroatoms. The van der Waals surface area contributed by atoms with E-state index >= 15 is 0 Å². The smallest absolute Gasteiger partial charge is 0.321 e. The van der Waals surface area contributed by atoms with Crippen LogP contribution in [0.1, 0.15) is 6.42 Å². The SMILES string of the molecule is COc1cccc(NC(=O)N2CCC(O)C2)c1. The summed E-state index contributed by atoms with van der Waals surface area (Å²) in [6.45, 7) is 0.993. The maximum Gasteiger partial charge on any atom is 0.321 e. The van der Waals surface area contributed by atoms with Crippen LogP contribution < -0.4 is 10.1 Å². The Morgan fingerprint density at radius 2 is 2.41 bits per heavy atom. The number of likely N-dealkylation sites (tertiary alicyclic amines) is 1. The van der Waals surface area contributed by atoms with Crippen LogP contribution in [0.25, 0.3) is 0 Å². The number of urea groups is 1. The van der Waals surface area contributed by atoms with Gasteiger partial charge in [0.25, 0.3) is 0 Å². The van der Waals surface area contributed by atoms with Gasteiger partial charge in [0.2, 0.25) is 0 Å². The van der Waals surface area contributed by atoms with Gasteiger partial charge >= 0.3 is 6.03 Å². The van der Waals surface area contributed by atoms with Gasteiger partial charge in [-0.3, -0.25) is 0 Å².